The van der Waals surface area contributed by atoms with Crippen molar-refractivity contribution in [1.29, 1.82) is 0 Å². The number of fused-ring (bicyclic) bond motifs is 2. The van der Waals surface area contributed by atoms with E-state index in [-0.39, 0.29) is 43.8 Å². The Morgan fingerprint density at radius 1 is 0.894 bits per heavy atom. The van der Waals surface area contributed by atoms with Crippen LogP contribution in [-0.4, -0.2) is 82.6 Å². The fraction of sp³-hybridized carbons (Fsp3) is 0.459. The van der Waals surface area contributed by atoms with Crippen molar-refractivity contribution < 1.29 is 33.8 Å². The first kappa shape index (κ1) is 32.7. The van der Waals surface area contributed by atoms with Crippen LogP contribution in [0.25, 0.3) is 0 Å². The van der Waals surface area contributed by atoms with Crippen molar-refractivity contribution in [2.45, 2.75) is 68.9 Å². The number of likely N-dealkylation sites (tertiary alicyclic amines) is 1. The van der Waals surface area contributed by atoms with Gasteiger partial charge in [-0.1, -0.05) is 97.8 Å². The zero-order valence-electron chi connectivity index (χ0n) is 26.5. The average molecular weight is 642 g/mol. The number of unbranched alkanes of at least 4 members (excludes halogenated alkanes) is 3. The van der Waals surface area contributed by atoms with Gasteiger partial charge in [-0.25, -0.2) is 0 Å². The lowest BCUT2D eigenvalue weighted by molar-refractivity contribution is -0.159. The fourth-order valence-electron chi connectivity index (χ4n) is 7.36. The summed E-state index contributed by atoms with van der Waals surface area (Å²) in [5.41, 5.74) is 0.352. The number of cyclic esters (lactones) is 1. The molecule has 1 spiro atoms. The summed E-state index contributed by atoms with van der Waals surface area (Å²) in [5, 5.41) is 12.1. The molecule has 4 aliphatic heterocycles. The third-order valence-electron chi connectivity index (χ3n) is 9.66. The molecule has 0 radical (unpaired) electrons. The molecule has 3 amide bonds. The highest BCUT2D eigenvalue weighted by Crippen LogP contribution is 2.56. The topological polar surface area (TPSA) is 125 Å². The van der Waals surface area contributed by atoms with Crippen molar-refractivity contribution >= 4 is 23.7 Å². The SMILES string of the molecule is O=C1CC/C=C\CN(Cc2ccccc2)C(=O)[C@@H]2N(CCCCCCO)C(=O)[C@H]3[C@H](C(=O)O[C@H](c4ccccc4)CN1)[C@@H]1C=C[C@]23O1. The summed E-state index contributed by atoms with van der Waals surface area (Å²) < 4.78 is 12.7. The molecule has 0 aliphatic carbocycles. The van der Waals surface area contributed by atoms with Crippen molar-refractivity contribution in [3.63, 3.8) is 0 Å². The van der Waals surface area contributed by atoms with Crippen molar-refractivity contribution in [1.82, 2.24) is 15.1 Å². The van der Waals surface area contributed by atoms with Gasteiger partial charge in [0.25, 0.3) is 0 Å². The fourth-order valence-corrected chi connectivity index (χ4v) is 7.36. The van der Waals surface area contributed by atoms with Crippen molar-refractivity contribution in [3.8, 4) is 0 Å². The van der Waals surface area contributed by atoms with Crippen LogP contribution in [0.1, 0.15) is 55.8 Å². The highest BCUT2D eigenvalue weighted by atomic mass is 16.6. The average Bonchev–Trinajstić information content (AvgIpc) is 3.73. The highest BCUT2D eigenvalue weighted by molar-refractivity contribution is 5.99. The first-order valence-electron chi connectivity index (χ1n) is 16.7. The second-order valence-electron chi connectivity index (χ2n) is 12.7. The van der Waals surface area contributed by atoms with Crippen molar-refractivity contribution in [3.05, 3.63) is 96.1 Å². The Morgan fingerprint density at radius 2 is 1.64 bits per heavy atom. The Labute approximate surface area is 275 Å². The molecule has 4 aliphatic rings. The largest absolute Gasteiger partial charge is 0.455 e. The molecule has 6 rings (SSSR count). The maximum atomic E-state index is 14.8. The van der Waals surface area contributed by atoms with Crippen LogP contribution in [0, 0.1) is 11.8 Å². The molecule has 47 heavy (non-hydrogen) atoms. The molecule has 0 aromatic heterocycles. The Hall–Kier alpha value is -4.28. The molecule has 2 saturated heterocycles. The molecular weight excluding hydrogens is 598 g/mol. The second kappa shape index (κ2) is 14.6. The molecule has 5 bridgehead atoms. The number of aliphatic hydroxyl groups excluding tert-OH is 1. The molecule has 2 N–H and O–H groups in total. The molecular formula is C37H43N3O7. The third-order valence-corrected chi connectivity index (χ3v) is 9.66. The Bertz CT molecular complexity index is 1500. The third kappa shape index (κ3) is 6.75. The molecule has 2 aromatic rings. The normalized spacial score (nSPS) is 29.9. The molecule has 4 heterocycles. The van der Waals surface area contributed by atoms with Crippen LogP contribution in [0.4, 0.5) is 0 Å². The van der Waals surface area contributed by atoms with Gasteiger partial charge in [-0.05, 0) is 30.4 Å². The lowest BCUT2D eigenvalue weighted by atomic mass is 9.74. The lowest BCUT2D eigenvalue weighted by Crippen LogP contribution is -2.55. The number of hydrogen-bond donors (Lipinski definition) is 2. The Balaban J connectivity index is 1.37. The van der Waals surface area contributed by atoms with Crippen LogP contribution >= 0.6 is 0 Å². The van der Waals surface area contributed by atoms with E-state index in [9.17, 15) is 24.3 Å². The summed E-state index contributed by atoms with van der Waals surface area (Å²) >= 11 is 0. The van der Waals surface area contributed by atoms with Gasteiger partial charge in [0.1, 0.15) is 23.7 Å². The van der Waals surface area contributed by atoms with Crippen LogP contribution in [0.3, 0.4) is 0 Å². The zero-order valence-corrected chi connectivity index (χ0v) is 26.5. The number of esters is 1. The van der Waals surface area contributed by atoms with Gasteiger partial charge in [0.15, 0.2) is 0 Å². The van der Waals surface area contributed by atoms with E-state index in [4.69, 9.17) is 9.47 Å². The number of nitrogens with one attached hydrogen (secondary N) is 1. The van der Waals surface area contributed by atoms with Crippen LogP contribution in [0.5, 0.6) is 0 Å². The van der Waals surface area contributed by atoms with Gasteiger partial charge in [-0.3, -0.25) is 19.2 Å². The number of benzene rings is 2. The maximum absolute atomic E-state index is 14.8. The minimum Gasteiger partial charge on any atom is -0.455 e. The first-order valence-corrected chi connectivity index (χ1v) is 16.7. The Kier molecular flexibility index (Phi) is 10.2. The van der Waals surface area contributed by atoms with Gasteiger partial charge >= 0.3 is 5.97 Å². The Morgan fingerprint density at radius 3 is 2.40 bits per heavy atom. The van der Waals surface area contributed by atoms with E-state index in [1.807, 2.05) is 78.9 Å². The number of hydrogen-bond acceptors (Lipinski definition) is 7. The zero-order chi connectivity index (χ0) is 32.8. The van der Waals surface area contributed by atoms with Gasteiger partial charge < -0.3 is 29.7 Å². The number of allylic oxidation sites excluding steroid dienone is 1. The number of carbonyl (C=O) groups is 4. The molecule has 0 saturated carbocycles. The van der Waals surface area contributed by atoms with E-state index in [0.717, 1.165) is 24.0 Å². The second-order valence-corrected chi connectivity index (χ2v) is 12.7. The standard InChI is InChI=1S/C37H43N3O7/c41-23-13-2-1-12-22-40-33-35(44)39(25-26-14-6-3-7-15-26)21-11-5-10-18-30(42)38-24-29(27-16-8-4-9-17-27)46-36(45)31-28-19-20-37(33,47-28)32(31)34(40)43/h3-9,11,14-17,19-20,28-29,31-33,41H,1-2,10,12-13,18,21-25H2,(H,38,42)/b11-5-/t28-,29-,31+,32+,33-,37+/m0/s1. The van der Waals surface area contributed by atoms with Gasteiger partial charge in [0.2, 0.25) is 17.7 Å². The number of nitrogens with zero attached hydrogens (tertiary/aromatic N) is 2. The number of aliphatic hydroxyl groups is 1. The molecule has 2 fully saturated rings. The molecule has 248 valence electrons. The molecule has 10 nitrogen and oxygen atoms in total. The quantitative estimate of drug-likeness (QED) is 0.244. The predicted molar refractivity (Wildman–Crippen MR) is 173 cm³/mol. The van der Waals surface area contributed by atoms with Gasteiger partial charge in [0.05, 0.1) is 18.6 Å². The summed E-state index contributed by atoms with van der Waals surface area (Å²) in [6.45, 7) is 1.12. The van der Waals surface area contributed by atoms with E-state index < -0.39 is 41.7 Å². The van der Waals surface area contributed by atoms with Crippen LogP contribution < -0.4 is 5.32 Å². The van der Waals surface area contributed by atoms with Crippen LogP contribution in [0.2, 0.25) is 0 Å². The minimum atomic E-state index is -1.31. The van der Waals surface area contributed by atoms with Gasteiger partial charge in [-0.15, -0.1) is 0 Å². The number of rotatable bonds is 9. The van der Waals surface area contributed by atoms with Crippen LogP contribution in [0.15, 0.2) is 85.0 Å². The molecule has 10 heteroatoms. The predicted octanol–water partition coefficient (Wildman–Crippen LogP) is 3.47. The number of carbonyl (C=O) groups excluding carboxylic acids is 4. The smallest absolute Gasteiger partial charge is 0.313 e. The minimum absolute atomic E-state index is 0.0854. The number of ether oxygens (including phenoxy) is 2. The number of amides is 3. The van der Waals surface area contributed by atoms with Crippen molar-refractivity contribution in [2.75, 3.05) is 26.2 Å². The summed E-state index contributed by atoms with van der Waals surface area (Å²) in [6.07, 6.45) is 9.53. The first-order chi connectivity index (χ1) is 22.9. The highest BCUT2D eigenvalue weighted by Gasteiger charge is 2.73. The van der Waals surface area contributed by atoms with E-state index in [1.165, 1.54) is 0 Å². The van der Waals surface area contributed by atoms with Gasteiger partial charge in [-0.2, -0.15) is 0 Å². The van der Waals surface area contributed by atoms with E-state index in [0.29, 0.717) is 32.4 Å². The monoisotopic (exact) mass is 641 g/mol. The molecule has 2 aromatic carbocycles. The summed E-state index contributed by atoms with van der Waals surface area (Å²) in [6, 6.07) is 17.9. The van der Waals surface area contributed by atoms with E-state index >= 15 is 0 Å². The summed E-state index contributed by atoms with van der Waals surface area (Å²) in [7, 11) is 0. The molecule has 6 atom stereocenters. The molecule has 0 unspecified atom stereocenters. The van der Waals surface area contributed by atoms with Gasteiger partial charge in [0, 0.05) is 32.7 Å². The van der Waals surface area contributed by atoms with E-state index in [2.05, 4.69) is 5.32 Å². The summed E-state index contributed by atoms with van der Waals surface area (Å²) in [5.74, 6) is -3.18. The summed E-state index contributed by atoms with van der Waals surface area (Å²) in [4.78, 5) is 59.4. The lowest BCUT2D eigenvalue weighted by Gasteiger charge is -2.36. The van der Waals surface area contributed by atoms with Crippen LogP contribution in [-0.2, 0) is 35.2 Å². The van der Waals surface area contributed by atoms with Crippen molar-refractivity contribution in [2.24, 2.45) is 11.8 Å². The van der Waals surface area contributed by atoms with E-state index in [1.54, 1.807) is 15.9 Å². The maximum Gasteiger partial charge on any atom is 0.313 e.